The highest BCUT2D eigenvalue weighted by Crippen LogP contribution is 2.30. The number of hydrogen-bond donors (Lipinski definition) is 0. The maximum atomic E-state index is 13.1. The average molecular weight is 413 g/mol. The molecule has 8 heteroatoms. The number of sulfonamides is 1. The summed E-state index contributed by atoms with van der Waals surface area (Å²) in [5, 5.41) is 9.40. The van der Waals surface area contributed by atoms with Crippen LogP contribution < -0.4 is 0 Å². The van der Waals surface area contributed by atoms with Crippen molar-refractivity contribution in [1.82, 2.24) is 14.5 Å². The lowest BCUT2D eigenvalue weighted by Crippen LogP contribution is -2.36. The Balaban J connectivity index is 1.39. The summed E-state index contributed by atoms with van der Waals surface area (Å²) >= 11 is 0. The van der Waals surface area contributed by atoms with Gasteiger partial charge < -0.3 is 4.42 Å². The summed E-state index contributed by atoms with van der Waals surface area (Å²) < 4.78 is 45.4. The van der Waals surface area contributed by atoms with E-state index >= 15 is 0 Å². The zero-order valence-electron chi connectivity index (χ0n) is 15.6. The molecule has 2 aromatic carbocycles. The first-order valence-electron chi connectivity index (χ1n) is 9.34. The third kappa shape index (κ3) is 4.60. The molecule has 0 saturated carbocycles. The van der Waals surface area contributed by atoms with E-state index in [1.807, 2.05) is 30.3 Å². The second-order valence-electron chi connectivity index (χ2n) is 6.88. The number of halogens is 1. The van der Waals surface area contributed by atoms with Gasteiger partial charge in [0.2, 0.25) is 21.8 Å². The third-order valence-corrected chi connectivity index (χ3v) is 6.49. The Morgan fingerprint density at radius 2 is 1.69 bits per heavy atom. The lowest BCUT2D eigenvalue weighted by atomic mass is 9.98. The fraction of sp³-hybridized carbons (Fsp3) is 0.238. The molecule has 2 heterocycles. The Labute approximate surface area is 168 Å². The quantitative estimate of drug-likeness (QED) is 0.631. The van der Waals surface area contributed by atoms with E-state index in [0.717, 1.165) is 5.56 Å². The van der Waals surface area contributed by atoms with Crippen molar-refractivity contribution in [1.29, 1.82) is 0 Å². The summed E-state index contributed by atoms with van der Waals surface area (Å²) in [6, 6.07) is 15.2. The van der Waals surface area contributed by atoms with Crippen molar-refractivity contribution in [3.05, 3.63) is 77.3 Å². The maximum Gasteiger partial charge on any atom is 0.247 e. The number of nitrogens with zero attached hydrogens (tertiary/aromatic N) is 3. The number of rotatable bonds is 5. The summed E-state index contributed by atoms with van der Waals surface area (Å²) in [5.41, 5.74) is 1.49. The van der Waals surface area contributed by atoms with E-state index in [-0.39, 0.29) is 11.7 Å². The van der Waals surface area contributed by atoms with Crippen LogP contribution in [0.15, 0.2) is 64.4 Å². The monoisotopic (exact) mass is 413 g/mol. The fourth-order valence-electron chi connectivity index (χ4n) is 3.28. The molecule has 0 aliphatic carbocycles. The van der Waals surface area contributed by atoms with Gasteiger partial charge in [-0.05, 0) is 48.7 Å². The third-order valence-electron chi connectivity index (χ3n) is 4.93. The second-order valence-corrected chi connectivity index (χ2v) is 8.70. The van der Waals surface area contributed by atoms with Crippen LogP contribution in [0.25, 0.3) is 17.5 Å². The summed E-state index contributed by atoms with van der Waals surface area (Å²) in [5.74, 6) is 0.492. The van der Waals surface area contributed by atoms with Crippen LogP contribution in [0, 0.1) is 5.82 Å². The van der Waals surface area contributed by atoms with Crippen molar-refractivity contribution in [3.8, 4) is 11.5 Å². The molecule has 0 N–H and O–H groups in total. The SMILES string of the molecule is O=S(=O)(/C=C/c1ccccc1)N1CCC(c2nnc(-c3ccc(F)cc3)o2)CC1. The minimum atomic E-state index is -3.48. The highest BCUT2D eigenvalue weighted by atomic mass is 32.2. The standard InChI is InChI=1S/C21H20FN3O3S/c22-19-8-6-17(7-9-19)20-23-24-21(28-20)18-10-13-25(14-11-18)29(26,27)15-12-16-4-2-1-3-5-16/h1-9,12,15,18H,10-11,13-14H2/b15-12+. The lowest BCUT2D eigenvalue weighted by molar-refractivity contribution is 0.293. The molecule has 29 heavy (non-hydrogen) atoms. The topological polar surface area (TPSA) is 76.3 Å². The highest BCUT2D eigenvalue weighted by molar-refractivity contribution is 7.92. The summed E-state index contributed by atoms with van der Waals surface area (Å²) in [6.45, 7) is 0.779. The zero-order valence-corrected chi connectivity index (χ0v) is 16.4. The number of piperidine rings is 1. The van der Waals surface area contributed by atoms with E-state index in [0.29, 0.717) is 43.3 Å². The Kier molecular flexibility index (Phi) is 5.55. The van der Waals surface area contributed by atoms with Crippen LogP contribution in [0.2, 0.25) is 0 Å². The van der Waals surface area contributed by atoms with Gasteiger partial charge in [-0.2, -0.15) is 4.31 Å². The van der Waals surface area contributed by atoms with E-state index in [4.69, 9.17) is 4.42 Å². The Morgan fingerprint density at radius 3 is 2.38 bits per heavy atom. The van der Waals surface area contributed by atoms with Crippen molar-refractivity contribution < 1.29 is 17.2 Å². The predicted molar refractivity (Wildman–Crippen MR) is 108 cm³/mol. The molecule has 1 aliphatic rings. The van der Waals surface area contributed by atoms with Crippen LogP contribution >= 0.6 is 0 Å². The van der Waals surface area contributed by atoms with E-state index in [1.165, 1.54) is 21.8 Å². The zero-order chi connectivity index (χ0) is 20.3. The number of benzene rings is 2. The minimum absolute atomic E-state index is 0.00116. The minimum Gasteiger partial charge on any atom is -0.420 e. The predicted octanol–water partition coefficient (Wildman–Crippen LogP) is 4.06. The molecule has 0 bridgehead atoms. The second kappa shape index (κ2) is 8.26. The summed E-state index contributed by atoms with van der Waals surface area (Å²) in [4.78, 5) is 0. The molecule has 1 aliphatic heterocycles. The van der Waals surface area contributed by atoms with Gasteiger partial charge in [-0.25, -0.2) is 12.8 Å². The maximum absolute atomic E-state index is 13.1. The van der Waals surface area contributed by atoms with Crippen molar-refractivity contribution in [3.63, 3.8) is 0 Å². The van der Waals surface area contributed by atoms with E-state index in [1.54, 1.807) is 18.2 Å². The molecule has 3 aromatic rings. The highest BCUT2D eigenvalue weighted by Gasteiger charge is 2.30. The van der Waals surface area contributed by atoms with Crippen molar-refractivity contribution in [2.45, 2.75) is 18.8 Å². The molecule has 0 spiro atoms. The number of aromatic nitrogens is 2. The van der Waals surface area contributed by atoms with Crippen LogP contribution in [-0.4, -0.2) is 36.0 Å². The van der Waals surface area contributed by atoms with Crippen molar-refractivity contribution >= 4 is 16.1 Å². The van der Waals surface area contributed by atoms with Crippen LogP contribution in [0.5, 0.6) is 0 Å². The van der Waals surface area contributed by atoms with Gasteiger partial charge in [0.1, 0.15) is 5.82 Å². The van der Waals surface area contributed by atoms with E-state index in [9.17, 15) is 12.8 Å². The Hall–Kier alpha value is -2.84. The van der Waals surface area contributed by atoms with Gasteiger partial charge in [-0.1, -0.05) is 30.3 Å². The van der Waals surface area contributed by atoms with Gasteiger partial charge in [-0.15, -0.1) is 10.2 Å². The molecule has 0 radical (unpaired) electrons. The lowest BCUT2D eigenvalue weighted by Gasteiger charge is -2.28. The van der Waals surface area contributed by atoms with Gasteiger partial charge >= 0.3 is 0 Å². The van der Waals surface area contributed by atoms with Gasteiger partial charge in [0.05, 0.1) is 0 Å². The molecule has 1 saturated heterocycles. The molecule has 6 nitrogen and oxygen atoms in total. The smallest absolute Gasteiger partial charge is 0.247 e. The molecule has 4 rings (SSSR count). The first-order valence-corrected chi connectivity index (χ1v) is 10.8. The molecule has 0 atom stereocenters. The molecular weight excluding hydrogens is 393 g/mol. The van der Waals surface area contributed by atoms with E-state index < -0.39 is 10.0 Å². The molecule has 1 aromatic heterocycles. The van der Waals surface area contributed by atoms with Gasteiger partial charge in [0.15, 0.2) is 0 Å². The largest absolute Gasteiger partial charge is 0.420 e. The molecule has 150 valence electrons. The van der Waals surface area contributed by atoms with E-state index in [2.05, 4.69) is 10.2 Å². The van der Waals surface area contributed by atoms with Gasteiger partial charge in [0.25, 0.3) is 0 Å². The van der Waals surface area contributed by atoms with Crippen LogP contribution in [-0.2, 0) is 10.0 Å². The van der Waals surface area contributed by atoms with Gasteiger partial charge in [0, 0.05) is 30.0 Å². The Morgan fingerprint density at radius 1 is 1.00 bits per heavy atom. The summed E-state index contributed by atoms with van der Waals surface area (Å²) in [6.07, 6.45) is 2.81. The normalized spacial score (nSPS) is 16.4. The van der Waals surface area contributed by atoms with Crippen molar-refractivity contribution in [2.24, 2.45) is 0 Å². The Bertz CT molecular complexity index is 1090. The van der Waals surface area contributed by atoms with Crippen LogP contribution in [0.4, 0.5) is 4.39 Å². The molecule has 1 fully saturated rings. The molecule has 0 amide bonds. The van der Waals surface area contributed by atoms with Gasteiger partial charge in [-0.3, -0.25) is 0 Å². The van der Waals surface area contributed by atoms with Crippen LogP contribution in [0.1, 0.15) is 30.2 Å². The fourth-order valence-corrected chi connectivity index (χ4v) is 4.50. The summed E-state index contributed by atoms with van der Waals surface area (Å²) in [7, 11) is -3.48. The molecule has 0 unspecified atom stereocenters. The first kappa shape index (κ1) is 19.5. The van der Waals surface area contributed by atoms with Crippen molar-refractivity contribution in [2.75, 3.05) is 13.1 Å². The van der Waals surface area contributed by atoms with Crippen LogP contribution in [0.3, 0.4) is 0 Å². The first-order chi connectivity index (χ1) is 14.0. The number of hydrogen-bond acceptors (Lipinski definition) is 5. The average Bonchev–Trinajstić information content (AvgIpc) is 3.24. The molecular formula is C21H20FN3O3S.